The van der Waals surface area contributed by atoms with Gasteiger partial charge >= 0.3 is 0 Å². The van der Waals surface area contributed by atoms with Crippen LogP contribution >= 0.6 is 0 Å². The molecule has 1 heterocycles. The van der Waals surface area contributed by atoms with Gasteiger partial charge in [-0.25, -0.2) is 13.6 Å². The lowest BCUT2D eigenvalue weighted by atomic mass is 10.0. The Morgan fingerprint density at radius 1 is 1.11 bits per heavy atom. The van der Waals surface area contributed by atoms with Crippen molar-refractivity contribution in [1.82, 2.24) is 0 Å². The molecule has 3 rings (SSSR count). The van der Waals surface area contributed by atoms with Crippen LogP contribution in [0.1, 0.15) is 39.7 Å². The monoisotopic (exact) mass is 386 g/mol. The highest BCUT2D eigenvalue weighted by molar-refractivity contribution is 7.89. The van der Waals surface area contributed by atoms with Crippen molar-refractivity contribution >= 4 is 32.6 Å². The molecule has 142 valence electrons. The SMILES string of the molecule is CCc1ccc(NC(=O)c2oc3c(C)ccc(C)c3c2C)cc1S(N)(=O)=O. The molecule has 0 saturated heterocycles. The lowest BCUT2D eigenvalue weighted by Gasteiger charge is -2.09. The van der Waals surface area contributed by atoms with Gasteiger partial charge in [0.25, 0.3) is 5.91 Å². The van der Waals surface area contributed by atoms with Crippen molar-refractivity contribution in [2.24, 2.45) is 5.14 Å². The molecule has 0 aliphatic carbocycles. The number of primary sulfonamides is 1. The quantitative estimate of drug-likeness (QED) is 0.711. The molecular formula is C20H22N2O4S. The highest BCUT2D eigenvalue weighted by Crippen LogP contribution is 2.31. The third kappa shape index (κ3) is 3.48. The second-order valence-corrected chi connectivity index (χ2v) is 8.16. The summed E-state index contributed by atoms with van der Waals surface area (Å²) in [6.45, 7) is 7.57. The van der Waals surface area contributed by atoms with Crippen LogP contribution in [0, 0.1) is 20.8 Å². The molecule has 0 aliphatic rings. The van der Waals surface area contributed by atoms with Gasteiger partial charge < -0.3 is 9.73 Å². The van der Waals surface area contributed by atoms with Gasteiger partial charge in [0, 0.05) is 16.6 Å². The number of anilines is 1. The predicted molar refractivity (Wildman–Crippen MR) is 106 cm³/mol. The van der Waals surface area contributed by atoms with E-state index in [1.807, 2.05) is 39.8 Å². The molecule has 0 saturated carbocycles. The second kappa shape index (κ2) is 6.83. The van der Waals surface area contributed by atoms with E-state index >= 15 is 0 Å². The first kappa shape index (κ1) is 19.1. The highest BCUT2D eigenvalue weighted by atomic mass is 32.2. The van der Waals surface area contributed by atoms with Crippen LogP contribution in [0.3, 0.4) is 0 Å². The number of nitrogens with one attached hydrogen (secondary N) is 1. The molecular weight excluding hydrogens is 364 g/mol. The Kier molecular flexibility index (Phi) is 4.84. The Balaban J connectivity index is 2.02. The molecule has 3 aromatic rings. The largest absolute Gasteiger partial charge is 0.450 e. The van der Waals surface area contributed by atoms with Crippen molar-refractivity contribution in [2.75, 3.05) is 5.32 Å². The van der Waals surface area contributed by atoms with Crippen LogP contribution in [0.5, 0.6) is 0 Å². The summed E-state index contributed by atoms with van der Waals surface area (Å²) in [5, 5.41) is 8.93. The molecule has 6 nitrogen and oxygen atoms in total. The van der Waals surface area contributed by atoms with Gasteiger partial charge in [0.05, 0.1) is 4.90 Å². The number of carbonyl (C=O) groups is 1. The van der Waals surface area contributed by atoms with Crippen LogP contribution in [-0.2, 0) is 16.4 Å². The van der Waals surface area contributed by atoms with E-state index in [0.29, 0.717) is 23.3 Å². The van der Waals surface area contributed by atoms with Gasteiger partial charge in [-0.05, 0) is 56.0 Å². The number of aryl methyl sites for hydroxylation is 4. The maximum atomic E-state index is 12.8. The van der Waals surface area contributed by atoms with E-state index in [4.69, 9.17) is 9.56 Å². The minimum Gasteiger partial charge on any atom is -0.450 e. The van der Waals surface area contributed by atoms with Crippen LogP contribution in [0.4, 0.5) is 5.69 Å². The summed E-state index contributed by atoms with van der Waals surface area (Å²) in [6.07, 6.45) is 0.515. The van der Waals surface area contributed by atoms with Gasteiger partial charge in [-0.1, -0.05) is 25.1 Å². The predicted octanol–water partition coefficient (Wildman–Crippen LogP) is 3.82. The fourth-order valence-electron chi connectivity index (χ4n) is 3.27. The maximum absolute atomic E-state index is 12.8. The fraction of sp³-hybridized carbons (Fsp3) is 0.250. The van der Waals surface area contributed by atoms with Crippen molar-refractivity contribution in [3.05, 3.63) is 58.3 Å². The molecule has 0 radical (unpaired) electrons. The van der Waals surface area contributed by atoms with Gasteiger partial charge in [0.1, 0.15) is 5.58 Å². The number of sulfonamides is 1. The van der Waals surface area contributed by atoms with Crippen molar-refractivity contribution < 1.29 is 17.6 Å². The second-order valence-electron chi connectivity index (χ2n) is 6.63. The van der Waals surface area contributed by atoms with E-state index < -0.39 is 15.9 Å². The summed E-state index contributed by atoms with van der Waals surface area (Å²) < 4.78 is 29.5. The summed E-state index contributed by atoms with van der Waals surface area (Å²) >= 11 is 0. The Morgan fingerprint density at radius 2 is 1.78 bits per heavy atom. The van der Waals surface area contributed by atoms with Gasteiger partial charge in [-0.2, -0.15) is 0 Å². The molecule has 2 aromatic carbocycles. The van der Waals surface area contributed by atoms with Crippen LogP contribution in [0.2, 0.25) is 0 Å². The molecule has 7 heteroatoms. The molecule has 0 atom stereocenters. The van der Waals surface area contributed by atoms with Crippen LogP contribution in [0.25, 0.3) is 11.0 Å². The molecule has 27 heavy (non-hydrogen) atoms. The summed E-state index contributed by atoms with van der Waals surface area (Å²) in [7, 11) is -3.88. The molecule has 0 fully saturated rings. The third-order valence-corrected chi connectivity index (χ3v) is 5.69. The zero-order valence-electron chi connectivity index (χ0n) is 15.7. The smallest absolute Gasteiger partial charge is 0.291 e. The Bertz CT molecular complexity index is 1160. The van der Waals surface area contributed by atoms with E-state index in [1.54, 1.807) is 12.1 Å². The van der Waals surface area contributed by atoms with Gasteiger partial charge in [0.2, 0.25) is 10.0 Å². The third-order valence-electron chi connectivity index (χ3n) is 4.70. The molecule has 0 aliphatic heterocycles. The zero-order chi connectivity index (χ0) is 19.9. The molecule has 0 spiro atoms. The highest BCUT2D eigenvalue weighted by Gasteiger charge is 2.21. The van der Waals surface area contributed by atoms with Gasteiger partial charge in [0.15, 0.2) is 5.76 Å². The topological polar surface area (TPSA) is 102 Å². The van der Waals surface area contributed by atoms with E-state index in [-0.39, 0.29) is 10.7 Å². The van der Waals surface area contributed by atoms with E-state index in [9.17, 15) is 13.2 Å². The first-order valence-electron chi connectivity index (χ1n) is 8.59. The van der Waals surface area contributed by atoms with Crippen molar-refractivity contribution in [1.29, 1.82) is 0 Å². The summed E-state index contributed by atoms with van der Waals surface area (Å²) in [5.74, 6) is -0.230. The van der Waals surface area contributed by atoms with E-state index in [2.05, 4.69) is 5.32 Å². The average Bonchev–Trinajstić information content (AvgIpc) is 2.96. The van der Waals surface area contributed by atoms with Crippen molar-refractivity contribution in [3.8, 4) is 0 Å². The number of furan rings is 1. The number of fused-ring (bicyclic) bond motifs is 1. The number of rotatable bonds is 4. The summed E-state index contributed by atoms with van der Waals surface area (Å²) in [5.41, 5.74) is 4.35. The maximum Gasteiger partial charge on any atom is 0.291 e. The lowest BCUT2D eigenvalue weighted by molar-refractivity contribution is 0.0998. The number of benzene rings is 2. The number of nitrogens with two attached hydrogens (primary N) is 1. The first-order valence-corrected chi connectivity index (χ1v) is 10.1. The number of amides is 1. The average molecular weight is 386 g/mol. The van der Waals surface area contributed by atoms with E-state index in [1.165, 1.54) is 6.07 Å². The minimum atomic E-state index is -3.88. The normalized spacial score (nSPS) is 11.7. The molecule has 1 amide bonds. The van der Waals surface area contributed by atoms with Gasteiger partial charge in [-0.15, -0.1) is 0 Å². The first-order chi connectivity index (χ1) is 12.6. The molecule has 0 bridgehead atoms. The Morgan fingerprint density at radius 3 is 2.37 bits per heavy atom. The van der Waals surface area contributed by atoms with Crippen LogP contribution < -0.4 is 10.5 Å². The molecule has 3 N–H and O–H groups in total. The Labute approximate surface area is 158 Å². The molecule has 1 aromatic heterocycles. The summed E-state index contributed by atoms with van der Waals surface area (Å²) in [6, 6.07) is 8.61. The zero-order valence-corrected chi connectivity index (χ0v) is 16.5. The number of hydrogen-bond donors (Lipinski definition) is 2. The van der Waals surface area contributed by atoms with E-state index in [0.717, 1.165) is 22.1 Å². The number of hydrogen-bond acceptors (Lipinski definition) is 4. The minimum absolute atomic E-state index is 0.0100. The van der Waals surface area contributed by atoms with Gasteiger partial charge in [-0.3, -0.25) is 4.79 Å². The number of carbonyl (C=O) groups excluding carboxylic acids is 1. The summed E-state index contributed by atoms with van der Waals surface area (Å²) in [4.78, 5) is 12.8. The lowest BCUT2D eigenvalue weighted by Crippen LogP contribution is -2.16. The fourth-order valence-corrected chi connectivity index (χ4v) is 4.14. The van der Waals surface area contributed by atoms with Crippen LogP contribution in [-0.4, -0.2) is 14.3 Å². The Hall–Kier alpha value is -2.64. The van der Waals surface area contributed by atoms with Crippen molar-refractivity contribution in [3.63, 3.8) is 0 Å². The molecule has 0 unspecified atom stereocenters. The van der Waals surface area contributed by atoms with Crippen molar-refractivity contribution in [2.45, 2.75) is 39.0 Å². The van der Waals surface area contributed by atoms with Crippen LogP contribution in [0.15, 0.2) is 39.6 Å². The standard InChI is InChI=1S/C20H22N2O4S/c1-5-14-8-9-15(10-16(14)27(21,24)25)22-20(23)19-13(4)17-11(2)6-7-12(3)18(17)26-19/h6-10H,5H2,1-4H3,(H,22,23)(H2,21,24,25).